The van der Waals surface area contributed by atoms with Crippen molar-refractivity contribution in [3.05, 3.63) is 56.7 Å². The Hall–Kier alpha value is -1.66. The fourth-order valence-corrected chi connectivity index (χ4v) is 2.86. The number of amides is 1. The van der Waals surface area contributed by atoms with E-state index in [9.17, 15) is 14.7 Å². The van der Waals surface area contributed by atoms with E-state index in [1.54, 1.807) is 42.5 Å². The van der Waals surface area contributed by atoms with Crippen molar-refractivity contribution < 1.29 is 14.7 Å². The molecule has 1 atom stereocenters. The van der Waals surface area contributed by atoms with Gasteiger partial charge in [0.25, 0.3) is 5.91 Å². The summed E-state index contributed by atoms with van der Waals surface area (Å²) in [4.78, 5) is 23.7. The molecule has 0 spiro atoms. The van der Waals surface area contributed by atoms with Gasteiger partial charge in [0.1, 0.15) is 0 Å². The summed E-state index contributed by atoms with van der Waals surface area (Å²) >= 11 is 4.52. The monoisotopic (exact) mass is 339 g/mol. The van der Waals surface area contributed by atoms with E-state index in [1.165, 1.54) is 11.3 Å². The van der Waals surface area contributed by atoms with Gasteiger partial charge in [0.05, 0.1) is 8.66 Å². The third-order valence-corrected chi connectivity index (χ3v) is 4.07. The molecule has 1 aromatic carbocycles. The van der Waals surface area contributed by atoms with Crippen LogP contribution in [0.3, 0.4) is 0 Å². The summed E-state index contributed by atoms with van der Waals surface area (Å²) < 4.78 is 0.823. The molecule has 6 heteroatoms. The fourth-order valence-electron chi connectivity index (χ4n) is 1.57. The quantitative estimate of drug-likeness (QED) is 0.899. The van der Waals surface area contributed by atoms with E-state index >= 15 is 0 Å². The Labute approximate surface area is 122 Å². The van der Waals surface area contributed by atoms with Gasteiger partial charge in [0.2, 0.25) is 0 Å². The van der Waals surface area contributed by atoms with E-state index in [1.807, 2.05) is 0 Å². The number of carbonyl (C=O) groups is 2. The molecule has 0 bridgehead atoms. The van der Waals surface area contributed by atoms with Gasteiger partial charge in [-0.3, -0.25) is 4.79 Å². The summed E-state index contributed by atoms with van der Waals surface area (Å²) in [6, 6.07) is 11.0. The van der Waals surface area contributed by atoms with E-state index < -0.39 is 17.9 Å². The van der Waals surface area contributed by atoms with Gasteiger partial charge in [-0.1, -0.05) is 30.3 Å². The van der Waals surface area contributed by atoms with Crippen LogP contribution < -0.4 is 5.32 Å². The molecule has 0 fully saturated rings. The average Bonchev–Trinajstić information content (AvgIpc) is 2.83. The Balaban J connectivity index is 2.18. The number of nitrogens with one attached hydrogen (secondary N) is 1. The zero-order chi connectivity index (χ0) is 13.8. The van der Waals surface area contributed by atoms with Crippen LogP contribution in [0.25, 0.3) is 0 Å². The number of halogens is 1. The van der Waals surface area contributed by atoms with Crippen LogP contribution in [0.15, 0.2) is 46.3 Å². The summed E-state index contributed by atoms with van der Waals surface area (Å²) in [7, 11) is 0. The molecule has 0 saturated heterocycles. The van der Waals surface area contributed by atoms with Crippen molar-refractivity contribution in [3.63, 3.8) is 0 Å². The lowest BCUT2D eigenvalue weighted by molar-refractivity contribution is -0.139. The highest BCUT2D eigenvalue weighted by molar-refractivity contribution is 9.11. The molecule has 98 valence electrons. The maximum absolute atomic E-state index is 12.0. The molecule has 1 amide bonds. The molecular formula is C13H10BrNO3S. The van der Waals surface area contributed by atoms with E-state index in [4.69, 9.17) is 0 Å². The highest BCUT2D eigenvalue weighted by Crippen LogP contribution is 2.23. The van der Waals surface area contributed by atoms with Crippen molar-refractivity contribution in [2.24, 2.45) is 0 Å². The topological polar surface area (TPSA) is 66.4 Å². The molecule has 0 unspecified atom stereocenters. The van der Waals surface area contributed by atoms with Crippen molar-refractivity contribution in [1.82, 2.24) is 5.32 Å². The lowest BCUT2D eigenvalue weighted by Crippen LogP contribution is -2.33. The third-order valence-electron chi connectivity index (χ3n) is 2.45. The zero-order valence-corrected chi connectivity index (χ0v) is 12.1. The SMILES string of the molecule is O=C(N[C@@H](C(=O)O)c1ccccc1)c1ccc(Br)s1. The number of hydrogen-bond donors (Lipinski definition) is 2. The first-order valence-corrected chi connectivity index (χ1v) is 7.03. The Morgan fingerprint density at radius 2 is 1.84 bits per heavy atom. The number of aliphatic carboxylic acids is 1. The highest BCUT2D eigenvalue weighted by atomic mass is 79.9. The second-order valence-corrected chi connectivity index (χ2v) is 6.22. The number of carbonyl (C=O) groups excluding carboxylic acids is 1. The van der Waals surface area contributed by atoms with Crippen LogP contribution in [0.5, 0.6) is 0 Å². The maximum atomic E-state index is 12.0. The molecule has 1 heterocycles. The second kappa shape index (κ2) is 5.99. The average molecular weight is 340 g/mol. The molecule has 0 aliphatic heterocycles. The molecular weight excluding hydrogens is 330 g/mol. The van der Waals surface area contributed by atoms with Crippen molar-refractivity contribution in [2.45, 2.75) is 6.04 Å². The van der Waals surface area contributed by atoms with Crippen LogP contribution in [-0.4, -0.2) is 17.0 Å². The van der Waals surface area contributed by atoms with Crippen LogP contribution in [0.4, 0.5) is 0 Å². The fraction of sp³-hybridized carbons (Fsp3) is 0.0769. The van der Waals surface area contributed by atoms with Crippen LogP contribution in [0.2, 0.25) is 0 Å². The van der Waals surface area contributed by atoms with Crippen LogP contribution >= 0.6 is 27.3 Å². The summed E-state index contributed by atoms with van der Waals surface area (Å²) in [5, 5.41) is 11.7. The van der Waals surface area contributed by atoms with Gasteiger partial charge in [-0.25, -0.2) is 4.79 Å². The van der Waals surface area contributed by atoms with Crippen molar-refractivity contribution in [3.8, 4) is 0 Å². The van der Waals surface area contributed by atoms with Gasteiger partial charge in [-0.05, 0) is 33.6 Å². The first-order chi connectivity index (χ1) is 9.08. The molecule has 2 aromatic rings. The normalized spacial score (nSPS) is 11.8. The molecule has 2 N–H and O–H groups in total. The summed E-state index contributed by atoms with van der Waals surface area (Å²) in [6.07, 6.45) is 0. The van der Waals surface area contributed by atoms with Crippen LogP contribution in [0, 0.1) is 0 Å². The van der Waals surface area contributed by atoms with Crippen molar-refractivity contribution >= 4 is 39.1 Å². The van der Waals surface area contributed by atoms with Crippen molar-refractivity contribution in [1.29, 1.82) is 0 Å². The Morgan fingerprint density at radius 3 is 2.37 bits per heavy atom. The molecule has 0 radical (unpaired) electrons. The number of benzene rings is 1. The Kier molecular flexibility index (Phi) is 4.34. The molecule has 2 rings (SSSR count). The number of rotatable bonds is 4. The van der Waals surface area contributed by atoms with Gasteiger partial charge in [0, 0.05) is 0 Å². The molecule has 0 aliphatic carbocycles. The van der Waals surface area contributed by atoms with E-state index in [2.05, 4.69) is 21.2 Å². The van der Waals surface area contributed by atoms with Crippen LogP contribution in [0.1, 0.15) is 21.3 Å². The number of carboxylic acids is 1. The van der Waals surface area contributed by atoms with Gasteiger partial charge in [-0.15, -0.1) is 11.3 Å². The predicted octanol–water partition coefficient (Wildman–Crippen LogP) is 3.07. The number of carboxylic acid groups (broad SMARTS) is 1. The minimum atomic E-state index is -1.09. The molecule has 0 aliphatic rings. The van der Waals surface area contributed by atoms with Gasteiger partial charge < -0.3 is 10.4 Å². The first kappa shape index (κ1) is 13.8. The van der Waals surface area contributed by atoms with Gasteiger partial charge >= 0.3 is 5.97 Å². The molecule has 19 heavy (non-hydrogen) atoms. The molecule has 4 nitrogen and oxygen atoms in total. The smallest absolute Gasteiger partial charge is 0.330 e. The molecule has 0 saturated carbocycles. The Morgan fingerprint density at radius 1 is 1.16 bits per heavy atom. The lowest BCUT2D eigenvalue weighted by atomic mass is 10.1. The number of thiophene rings is 1. The predicted molar refractivity (Wildman–Crippen MR) is 76.3 cm³/mol. The zero-order valence-electron chi connectivity index (χ0n) is 9.67. The minimum absolute atomic E-state index is 0.396. The first-order valence-electron chi connectivity index (χ1n) is 5.42. The Bertz CT molecular complexity index is 597. The van der Waals surface area contributed by atoms with Crippen molar-refractivity contribution in [2.75, 3.05) is 0 Å². The van der Waals surface area contributed by atoms with Gasteiger partial charge in [-0.2, -0.15) is 0 Å². The summed E-state index contributed by atoms with van der Waals surface area (Å²) in [6.45, 7) is 0. The van der Waals surface area contributed by atoms with Gasteiger partial charge in [0.15, 0.2) is 6.04 Å². The van der Waals surface area contributed by atoms with E-state index in [-0.39, 0.29) is 0 Å². The standard InChI is InChI=1S/C13H10BrNO3S/c14-10-7-6-9(19-10)12(16)15-11(13(17)18)8-4-2-1-3-5-8/h1-7,11H,(H,15,16)(H,17,18)/t11-/m1/s1. The number of hydrogen-bond acceptors (Lipinski definition) is 3. The lowest BCUT2D eigenvalue weighted by Gasteiger charge is -2.14. The maximum Gasteiger partial charge on any atom is 0.330 e. The molecule has 1 aromatic heterocycles. The second-order valence-electron chi connectivity index (χ2n) is 3.76. The summed E-state index contributed by atoms with van der Waals surface area (Å²) in [5.41, 5.74) is 0.541. The third kappa shape index (κ3) is 3.42. The van der Waals surface area contributed by atoms with Crippen LogP contribution in [-0.2, 0) is 4.79 Å². The van der Waals surface area contributed by atoms with E-state index in [0.717, 1.165) is 3.79 Å². The van der Waals surface area contributed by atoms with E-state index in [0.29, 0.717) is 10.4 Å². The highest BCUT2D eigenvalue weighted by Gasteiger charge is 2.22. The minimum Gasteiger partial charge on any atom is -0.479 e. The largest absolute Gasteiger partial charge is 0.479 e. The summed E-state index contributed by atoms with van der Waals surface area (Å²) in [5.74, 6) is -1.48.